The number of aromatic nitrogens is 1. The molecule has 19 heavy (non-hydrogen) atoms. The van der Waals surface area contributed by atoms with Crippen LogP contribution in [-0.2, 0) is 0 Å². The number of halogens is 2. The molecule has 2 rings (SSSR count). The van der Waals surface area contributed by atoms with Crippen LogP contribution in [0.15, 0.2) is 29.6 Å². The van der Waals surface area contributed by atoms with Crippen molar-refractivity contribution in [1.82, 2.24) is 4.98 Å². The average Bonchev–Trinajstić information content (AvgIpc) is 2.89. The summed E-state index contributed by atoms with van der Waals surface area (Å²) in [7, 11) is 0. The third-order valence-corrected chi connectivity index (χ3v) is 4.11. The van der Waals surface area contributed by atoms with Gasteiger partial charge in [0.25, 0.3) is 0 Å². The Morgan fingerprint density at radius 2 is 2.05 bits per heavy atom. The Bertz CT molecular complexity index is 591. The Hall–Kier alpha value is -1.12. The third kappa shape index (κ3) is 3.26. The van der Waals surface area contributed by atoms with Crippen molar-refractivity contribution in [3.05, 3.63) is 39.7 Å². The van der Waals surface area contributed by atoms with E-state index in [0.717, 1.165) is 11.3 Å². The van der Waals surface area contributed by atoms with Crippen molar-refractivity contribution in [2.24, 2.45) is 0 Å². The monoisotopic (exact) mass is 312 g/mol. The zero-order valence-electron chi connectivity index (χ0n) is 9.75. The molecule has 0 saturated carbocycles. The number of hydrogen-bond acceptors (Lipinski definition) is 4. The first kappa shape index (κ1) is 14.3. The Morgan fingerprint density at radius 1 is 1.37 bits per heavy atom. The first-order chi connectivity index (χ1) is 9.15. The molecule has 0 aliphatic heterocycles. The number of nitriles is 1. The van der Waals surface area contributed by atoms with Gasteiger partial charge in [-0.15, -0.1) is 22.9 Å². The minimum absolute atomic E-state index is 0.00802. The highest BCUT2D eigenvalue weighted by molar-refractivity contribution is 7.10. The van der Waals surface area contributed by atoms with Crippen LogP contribution in [-0.4, -0.2) is 22.1 Å². The summed E-state index contributed by atoms with van der Waals surface area (Å²) < 4.78 is 0. The summed E-state index contributed by atoms with van der Waals surface area (Å²) in [4.78, 5) is 4.38. The topological polar surface area (TPSA) is 56.9 Å². The standard InChI is InChI=1S/C13H10Cl2N2OS/c14-5-12(18)10(6-16)13-17-11(7-19-13)8-1-3-9(15)4-2-8/h1-4,7,10,12,18H,5H2. The number of rotatable bonds is 4. The molecule has 0 spiro atoms. The predicted molar refractivity (Wildman–Crippen MR) is 77.6 cm³/mol. The van der Waals surface area contributed by atoms with Crippen LogP contribution in [0.25, 0.3) is 11.3 Å². The molecule has 0 saturated heterocycles. The molecule has 1 N–H and O–H groups in total. The summed E-state index contributed by atoms with van der Waals surface area (Å²) in [6.45, 7) is 0. The van der Waals surface area contributed by atoms with E-state index in [4.69, 9.17) is 28.5 Å². The quantitative estimate of drug-likeness (QED) is 0.876. The van der Waals surface area contributed by atoms with Crippen LogP contribution < -0.4 is 0 Å². The molecule has 6 heteroatoms. The molecular weight excluding hydrogens is 303 g/mol. The van der Waals surface area contributed by atoms with Crippen LogP contribution in [0, 0.1) is 11.3 Å². The van der Waals surface area contributed by atoms with Gasteiger partial charge < -0.3 is 5.11 Å². The van der Waals surface area contributed by atoms with Gasteiger partial charge in [-0.05, 0) is 12.1 Å². The van der Waals surface area contributed by atoms with Crippen LogP contribution in [0.3, 0.4) is 0 Å². The molecular formula is C13H10Cl2N2OS. The summed E-state index contributed by atoms with van der Waals surface area (Å²) in [5.74, 6) is -0.683. The van der Waals surface area contributed by atoms with E-state index < -0.39 is 12.0 Å². The number of aliphatic hydroxyl groups excluding tert-OH is 1. The van der Waals surface area contributed by atoms with Crippen molar-refractivity contribution < 1.29 is 5.11 Å². The number of hydrogen-bond donors (Lipinski definition) is 1. The molecule has 2 atom stereocenters. The number of nitrogens with zero attached hydrogens (tertiary/aromatic N) is 2. The summed E-state index contributed by atoms with van der Waals surface area (Å²) >= 11 is 12.7. The Kier molecular flexibility index (Phi) is 4.78. The molecule has 0 fully saturated rings. The molecule has 0 aliphatic rings. The summed E-state index contributed by atoms with van der Waals surface area (Å²) in [6.07, 6.45) is -0.907. The lowest BCUT2D eigenvalue weighted by Gasteiger charge is -2.10. The number of alkyl halides is 1. The van der Waals surface area contributed by atoms with Gasteiger partial charge in [-0.1, -0.05) is 23.7 Å². The minimum atomic E-state index is -0.907. The van der Waals surface area contributed by atoms with Gasteiger partial charge in [0, 0.05) is 16.0 Å². The van der Waals surface area contributed by atoms with Crippen molar-refractivity contribution in [3.63, 3.8) is 0 Å². The van der Waals surface area contributed by atoms with Crippen molar-refractivity contribution in [2.45, 2.75) is 12.0 Å². The molecule has 0 bridgehead atoms. The fourth-order valence-corrected chi connectivity index (χ4v) is 2.81. The predicted octanol–water partition coefficient (Wildman–Crippen LogP) is 3.67. The first-order valence-electron chi connectivity index (χ1n) is 5.50. The SMILES string of the molecule is N#CC(c1nc(-c2ccc(Cl)cc2)cs1)C(O)CCl. The lowest BCUT2D eigenvalue weighted by molar-refractivity contribution is 0.184. The molecule has 0 radical (unpaired) electrons. The number of thiazole rings is 1. The van der Waals surface area contributed by atoms with E-state index in [-0.39, 0.29) is 5.88 Å². The lowest BCUT2D eigenvalue weighted by atomic mass is 10.1. The van der Waals surface area contributed by atoms with Crippen molar-refractivity contribution in [1.29, 1.82) is 5.26 Å². The molecule has 0 amide bonds. The largest absolute Gasteiger partial charge is 0.390 e. The summed E-state index contributed by atoms with van der Waals surface area (Å²) in [5, 5.41) is 21.8. The highest BCUT2D eigenvalue weighted by Gasteiger charge is 2.23. The Balaban J connectivity index is 2.28. The smallest absolute Gasteiger partial charge is 0.125 e. The van der Waals surface area contributed by atoms with Crippen LogP contribution in [0.1, 0.15) is 10.9 Å². The van der Waals surface area contributed by atoms with Crippen molar-refractivity contribution >= 4 is 34.5 Å². The van der Waals surface area contributed by atoms with Gasteiger partial charge in [0.1, 0.15) is 10.9 Å². The molecule has 1 aromatic heterocycles. The maximum absolute atomic E-state index is 9.68. The highest BCUT2D eigenvalue weighted by Crippen LogP contribution is 2.29. The van der Waals surface area contributed by atoms with E-state index in [1.807, 2.05) is 23.6 Å². The maximum Gasteiger partial charge on any atom is 0.125 e. The third-order valence-electron chi connectivity index (χ3n) is 2.61. The zero-order chi connectivity index (χ0) is 13.8. The van der Waals surface area contributed by atoms with Gasteiger partial charge in [-0.3, -0.25) is 0 Å². The molecule has 3 nitrogen and oxygen atoms in total. The first-order valence-corrected chi connectivity index (χ1v) is 7.30. The van der Waals surface area contributed by atoms with E-state index in [1.165, 1.54) is 11.3 Å². The molecule has 0 aliphatic carbocycles. The second-order valence-corrected chi connectivity index (χ2v) is 5.54. The molecule has 98 valence electrons. The lowest BCUT2D eigenvalue weighted by Crippen LogP contribution is -2.18. The number of aliphatic hydroxyl groups is 1. The van der Waals surface area contributed by atoms with Crippen LogP contribution in [0.5, 0.6) is 0 Å². The van der Waals surface area contributed by atoms with Gasteiger partial charge in [0.2, 0.25) is 0 Å². The van der Waals surface area contributed by atoms with E-state index in [9.17, 15) is 5.11 Å². The van der Waals surface area contributed by atoms with Gasteiger partial charge in [0.05, 0.1) is 23.7 Å². The second kappa shape index (κ2) is 6.36. The molecule has 1 heterocycles. The van der Waals surface area contributed by atoms with Crippen LogP contribution in [0.4, 0.5) is 0 Å². The van der Waals surface area contributed by atoms with Gasteiger partial charge >= 0.3 is 0 Å². The second-order valence-electron chi connectivity index (χ2n) is 3.91. The van der Waals surface area contributed by atoms with Gasteiger partial charge in [0.15, 0.2) is 0 Å². The normalized spacial score (nSPS) is 13.8. The van der Waals surface area contributed by atoms with E-state index in [1.54, 1.807) is 12.1 Å². The van der Waals surface area contributed by atoms with Gasteiger partial charge in [-0.25, -0.2) is 4.98 Å². The highest BCUT2D eigenvalue weighted by atomic mass is 35.5. The Labute approximate surface area is 125 Å². The fraction of sp³-hybridized carbons (Fsp3) is 0.231. The molecule has 2 aromatic rings. The Morgan fingerprint density at radius 3 is 2.63 bits per heavy atom. The van der Waals surface area contributed by atoms with Crippen LogP contribution in [0.2, 0.25) is 5.02 Å². The summed E-state index contributed by atoms with van der Waals surface area (Å²) in [6, 6.07) is 9.32. The minimum Gasteiger partial charge on any atom is -0.390 e. The van der Waals surface area contributed by atoms with Gasteiger partial charge in [-0.2, -0.15) is 5.26 Å². The van der Waals surface area contributed by atoms with Crippen LogP contribution >= 0.6 is 34.5 Å². The van der Waals surface area contributed by atoms with E-state index >= 15 is 0 Å². The zero-order valence-corrected chi connectivity index (χ0v) is 12.1. The van der Waals surface area contributed by atoms with E-state index in [2.05, 4.69) is 4.98 Å². The van der Waals surface area contributed by atoms with E-state index in [0.29, 0.717) is 10.0 Å². The van der Waals surface area contributed by atoms with Crippen molar-refractivity contribution in [2.75, 3.05) is 5.88 Å². The fourth-order valence-electron chi connectivity index (χ4n) is 1.58. The van der Waals surface area contributed by atoms with Crippen molar-refractivity contribution in [3.8, 4) is 17.3 Å². The summed E-state index contributed by atoms with van der Waals surface area (Å²) in [5.41, 5.74) is 1.68. The number of benzene rings is 1. The maximum atomic E-state index is 9.68. The molecule has 1 aromatic carbocycles. The molecule has 2 unspecified atom stereocenters. The average molecular weight is 313 g/mol.